The molecule has 0 radical (unpaired) electrons. The Hall–Kier alpha value is -3.57. The molecule has 8 heteroatoms. The summed E-state index contributed by atoms with van der Waals surface area (Å²) in [7, 11) is -3.78. The number of nitriles is 1. The first-order chi connectivity index (χ1) is 14.4. The van der Waals surface area contributed by atoms with Gasteiger partial charge in [-0.15, -0.1) is 0 Å². The molecular formula is C22H21N3O4S. The largest absolute Gasteiger partial charge is 0.467 e. The molecule has 154 valence electrons. The second kappa shape index (κ2) is 9.29. The Bertz CT molecular complexity index is 1130. The molecule has 1 N–H and O–H groups in total. The van der Waals surface area contributed by atoms with Crippen LogP contribution in [0.5, 0.6) is 0 Å². The van der Waals surface area contributed by atoms with E-state index in [2.05, 4.69) is 4.72 Å². The molecule has 1 aromatic heterocycles. The molecule has 0 aliphatic carbocycles. The van der Waals surface area contributed by atoms with Crippen LogP contribution >= 0.6 is 0 Å². The number of anilines is 1. The van der Waals surface area contributed by atoms with Crippen LogP contribution in [0.3, 0.4) is 0 Å². The van der Waals surface area contributed by atoms with Gasteiger partial charge in [0.2, 0.25) is 0 Å². The van der Waals surface area contributed by atoms with Crippen LogP contribution in [0.1, 0.15) is 28.1 Å². The molecule has 0 aliphatic rings. The van der Waals surface area contributed by atoms with Gasteiger partial charge in [-0.25, -0.2) is 8.42 Å². The number of amides is 1. The molecule has 0 saturated heterocycles. The molecule has 3 rings (SSSR count). The summed E-state index contributed by atoms with van der Waals surface area (Å²) in [6.45, 7) is 2.38. The van der Waals surface area contributed by atoms with Gasteiger partial charge in [0.1, 0.15) is 5.76 Å². The van der Waals surface area contributed by atoms with E-state index in [1.54, 1.807) is 24.3 Å². The first-order valence-corrected chi connectivity index (χ1v) is 10.8. The Balaban J connectivity index is 1.76. The van der Waals surface area contributed by atoms with Crippen molar-refractivity contribution >= 4 is 21.6 Å². The van der Waals surface area contributed by atoms with Crippen molar-refractivity contribution in [2.75, 3.05) is 11.3 Å². The smallest absolute Gasteiger partial charge is 0.261 e. The Kier molecular flexibility index (Phi) is 6.54. The third-order valence-electron chi connectivity index (χ3n) is 4.42. The van der Waals surface area contributed by atoms with Crippen LogP contribution in [0.25, 0.3) is 0 Å². The van der Waals surface area contributed by atoms with Gasteiger partial charge in [0, 0.05) is 17.8 Å². The Labute approximate surface area is 175 Å². The highest BCUT2D eigenvalue weighted by Crippen LogP contribution is 2.18. The number of carbonyl (C=O) groups excluding carboxylic acids is 1. The van der Waals surface area contributed by atoms with Gasteiger partial charge in [0.25, 0.3) is 15.9 Å². The number of sulfonamides is 1. The fourth-order valence-corrected chi connectivity index (χ4v) is 3.88. The van der Waals surface area contributed by atoms with Gasteiger partial charge < -0.3 is 9.32 Å². The highest BCUT2D eigenvalue weighted by atomic mass is 32.2. The summed E-state index contributed by atoms with van der Waals surface area (Å²) in [5.74, 6) is 0.292. The molecule has 0 spiro atoms. The molecule has 0 aliphatic heterocycles. The van der Waals surface area contributed by atoms with E-state index < -0.39 is 10.0 Å². The lowest BCUT2D eigenvalue weighted by Gasteiger charge is -2.20. The topological polar surface area (TPSA) is 103 Å². The van der Waals surface area contributed by atoms with Crippen molar-refractivity contribution in [3.05, 3.63) is 83.8 Å². The summed E-state index contributed by atoms with van der Waals surface area (Å²) < 4.78 is 33.0. The first kappa shape index (κ1) is 21.1. The molecule has 0 atom stereocenters. The summed E-state index contributed by atoms with van der Waals surface area (Å²) in [6.07, 6.45) is 1.70. The fraction of sp³-hybridized carbons (Fsp3) is 0.182. The maximum absolute atomic E-state index is 12.9. The summed E-state index contributed by atoms with van der Waals surface area (Å²) in [4.78, 5) is 14.4. The van der Waals surface area contributed by atoms with Crippen LogP contribution in [-0.4, -0.2) is 25.8 Å². The number of aryl methyl sites for hydroxylation is 1. The van der Waals surface area contributed by atoms with Crippen molar-refractivity contribution in [1.29, 1.82) is 5.26 Å². The number of hydrogen-bond donors (Lipinski definition) is 1. The van der Waals surface area contributed by atoms with Gasteiger partial charge in [-0.3, -0.25) is 9.52 Å². The van der Waals surface area contributed by atoms with E-state index in [0.29, 0.717) is 17.0 Å². The van der Waals surface area contributed by atoms with Gasteiger partial charge in [-0.2, -0.15) is 5.26 Å². The van der Waals surface area contributed by atoms with Crippen molar-refractivity contribution in [2.45, 2.75) is 24.8 Å². The second-order valence-corrected chi connectivity index (χ2v) is 8.39. The number of nitrogens with one attached hydrogen (secondary N) is 1. The quantitative estimate of drug-likeness (QED) is 0.591. The minimum absolute atomic E-state index is 0.0502. The zero-order chi connectivity index (χ0) is 21.6. The number of nitrogens with zero attached hydrogens (tertiary/aromatic N) is 2. The molecule has 0 fully saturated rings. The van der Waals surface area contributed by atoms with E-state index in [1.807, 2.05) is 25.1 Å². The van der Waals surface area contributed by atoms with Crippen LogP contribution < -0.4 is 4.72 Å². The molecule has 0 unspecified atom stereocenters. The molecule has 3 aromatic rings. The molecule has 2 aromatic carbocycles. The third kappa shape index (κ3) is 5.27. The molecule has 30 heavy (non-hydrogen) atoms. The van der Waals surface area contributed by atoms with Crippen molar-refractivity contribution in [1.82, 2.24) is 4.90 Å². The first-order valence-electron chi connectivity index (χ1n) is 9.27. The minimum atomic E-state index is -3.78. The van der Waals surface area contributed by atoms with E-state index in [-0.39, 0.29) is 30.3 Å². The molecular weight excluding hydrogens is 402 g/mol. The van der Waals surface area contributed by atoms with Crippen molar-refractivity contribution in [3.63, 3.8) is 0 Å². The Morgan fingerprint density at radius 1 is 1.10 bits per heavy atom. The Morgan fingerprint density at radius 2 is 1.80 bits per heavy atom. The van der Waals surface area contributed by atoms with Crippen LogP contribution in [0.15, 0.2) is 76.2 Å². The number of hydrogen-bond acceptors (Lipinski definition) is 5. The Morgan fingerprint density at radius 3 is 2.40 bits per heavy atom. The number of rotatable bonds is 8. The third-order valence-corrected chi connectivity index (χ3v) is 5.82. The lowest BCUT2D eigenvalue weighted by Crippen LogP contribution is -2.31. The number of benzene rings is 2. The summed E-state index contributed by atoms with van der Waals surface area (Å²) in [5, 5.41) is 8.87. The van der Waals surface area contributed by atoms with Gasteiger partial charge in [0.15, 0.2) is 0 Å². The average Bonchev–Trinajstić information content (AvgIpc) is 3.25. The minimum Gasteiger partial charge on any atom is -0.467 e. The zero-order valence-electron chi connectivity index (χ0n) is 16.4. The molecule has 0 bridgehead atoms. The average molecular weight is 423 g/mol. The molecule has 1 amide bonds. The van der Waals surface area contributed by atoms with E-state index >= 15 is 0 Å². The molecule has 0 saturated carbocycles. The number of furan rings is 1. The van der Waals surface area contributed by atoms with Crippen LogP contribution in [0.4, 0.5) is 5.69 Å². The molecule has 1 heterocycles. The normalized spacial score (nSPS) is 10.9. The highest BCUT2D eigenvalue weighted by molar-refractivity contribution is 7.92. The molecule has 7 nitrogen and oxygen atoms in total. The van der Waals surface area contributed by atoms with Crippen LogP contribution in [0.2, 0.25) is 0 Å². The summed E-state index contributed by atoms with van der Waals surface area (Å²) in [5.41, 5.74) is 1.81. The van der Waals surface area contributed by atoms with Crippen molar-refractivity contribution in [2.24, 2.45) is 0 Å². The van der Waals surface area contributed by atoms with Gasteiger partial charge in [0.05, 0.1) is 30.2 Å². The standard InChI is InChI=1S/C22H21N3O4S/c1-17-5-9-19(10-6-17)24-30(27,28)21-11-7-18(8-12-21)22(26)25(14-3-13-23)16-20-4-2-15-29-20/h2,4-12,15,24H,3,14,16H2,1H3. The number of carbonyl (C=O) groups is 1. The second-order valence-electron chi connectivity index (χ2n) is 6.71. The zero-order valence-corrected chi connectivity index (χ0v) is 17.2. The van der Waals surface area contributed by atoms with Gasteiger partial charge in [-0.05, 0) is 55.5 Å². The predicted molar refractivity (Wildman–Crippen MR) is 112 cm³/mol. The highest BCUT2D eigenvalue weighted by Gasteiger charge is 2.19. The lowest BCUT2D eigenvalue weighted by atomic mass is 10.2. The van der Waals surface area contributed by atoms with E-state index in [9.17, 15) is 13.2 Å². The van der Waals surface area contributed by atoms with E-state index in [4.69, 9.17) is 9.68 Å². The SMILES string of the molecule is Cc1ccc(NS(=O)(=O)c2ccc(C(=O)N(CCC#N)Cc3ccco3)cc2)cc1. The van der Waals surface area contributed by atoms with Gasteiger partial charge >= 0.3 is 0 Å². The summed E-state index contributed by atoms with van der Waals surface area (Å²) in [6, 6.07) is 18.2. The van der Waals surface area contributed by atoms with E-state index in [0.717, 1.165) is 5.56 Å². The predicted octanol–water partition coefficient (Wildman–Crippen LogP) is 3.94. The van der Waals surface area contributed by atoms with Crippen molar-refractivity contribution < 1.29 is 17.6 Å². The van der Waals surface area contributed by atoms with Gasteiger partial charge in [-0.1, -0.05) is 17.7 Å². The van der Waals surface area contributed by atoms with E-state index in [1.165, 1.54) is 35.4 Å². The maximum Gasteiger partial charge on any atom is 0.261 e. The fourth-order valence-electron chi connectivity index (χ4n) is 2.82. The lowest BCUT2D eigenvalue weighted by molar-refractivity contribution is 0.0735. The summed E-state index contributed by atoms with van der Waals surface area (Å²) >= 11 is 0. The monoisotopic (exact) mass is 423 g/mol. The van der Waals surface area contributed by atoms with Crippen molar-refractivity contribution in [3.8, 4) is 6.07 Å². The maximum atomic E-state index is 12.9. The van der Waals surface area contributed by atoms with Crippen LogP contribution in [-0.2, 0) is 16.6 Å². The van der Waals surface area contributed by atoms with Crippen LogP contribution in [0, 0.1) is 18.3 Å².